The van der Waals surface area contributed by atoms with Crippen molar-refractivity contribution >= 4 is 11.6 Å². The minimum atomic E-state index is -0.809. The largest absolute Gasteiger partial charge is 0.474 e. The van der Waals surface area contributed by atoms with E-state index in [4.69, 9.17) is 4.74 Å². The van der Waals surface area contributed by atoms with Crippen molar-refractivity contribution in [3.8, 4) is 5.75 Å². The van der Waals surface area contributed by atoms with E-state index in [1.165, 1.54) is 6.07 Å². The number of hydrogen-bond donors (Lipinski definition) is 2. The zero-order valence-electron chi connectivity index (χ0n) is 12.7. The summed E-state index contributed by atoms with van der Waals surface area (Å²) in [5.74, 6) is -0.211. The van der Waals surface area contributed by atoms with Crippen LogP contribution in [0, 0.1) is 10.1 Å². The number of rotatable bonds is 7. The topological polar surface area (TPSA) is 93.5 Å². The van der Waals surface area contributed by atoms with Gasteiger partial charge in [-0.1, -0.05) is 6.07 Å². The van der Waals surface area contributed by atoms with E-state index in [0.717, 1.165) is 5.56 Å². The third-order valence-electron chi connectivity index (χ3n) is 2.71. The Hall–Kier alpha value is -2.15. The molecule has 116 valence electrons. The Morgan fingerprint density at radius 2 is 2.05 bits per heavy atom. The molecular weight excluding hydrogens is 274 g/mol. The number of carbonyl (C=O) groups excluding carboxylic acids is 1. The van der Waals surface area contributed by atoms with E-state index in [0.29, 0.717) is 6.54 Å². The van der Waals surface area contributed by atoms with Crippen molar-refractivity contribution in [1.82, 2.24) is 10.6 Å². The molecule has 1 aromatic rings. The number of amides is 1. The van der Waals surface area contributed by atoms with Crippen LogP contribution in [0.5, 0.6) is 5.75 Å². The van der Waals surface area contributed by atoms with E-state index in [1.54, 1.807) is 26.1 Å². The summed E-state index contributed by atoms with van der Waals surface area (Å²) in [4.78, 5) is 22.3. The average molecular weight is 295 g/mol. The van der Waals surface area contributed by atoms with Crippen molar-refractivity contribution in [2.24, 2.45) is 0 Å². The number of ether oxygens (including phenoxy) is 1. The minimum absolute atomic E-state index is 0.0193. The molecule has 0 heterocycles. The predicted molar refractivity (Wildman–Crippen MR) is 79.2 cm³/mol. The highest BCUT2D eigenvalue weighted by atomic mass is 16.6. The summed E-state index contributed by atoms with van der Waals surface area (Å²) in [6.07, 6.45) is -0.809. The minimum Gasteiger partial charge on any atom is -0.474 e. The number of hydrogen-bond acceptors (Lipinski definition) is 5. The third kappa shape index (κ3) is 5.03. The van der Waals surface area contributed by atoms with Gasteiger partial charge in [-0.3, -0.25) is 14.9 Å². The fourth-order valence-electron chi connectivity index (χ4n) is 1.76. The molecule has 1 atom stereocenters. The molecule has 0 aliphatic heterocycles. The highest BCUT2D eigenvalue weighted by molar-refractivity contribution is 5.81. The van der Waals surface area contributed by atoms with E-state index < -0.39 is 11.0 Å². The molecule has 1 unspecified atom stereocenters. The second kappa shape index (κ2) is 7.58. The van der Waals surface area contributed by atoms with Crippen LogP contribution in [0.25, 0.3) is 0 Å². The number of nitrogens with zero attached hydrogens (tertiary/aromatic N) is 1. The molecule has 0 aromatic heterocycles. The second-order valence-electron chi connectivity index (χ2n) is 5.01. The fourth-order valence-corrected chi connectivity index (χ4v) is 1.76. The molecule has 0 spiro atoms. The lowest BCUT2D eigenvalue weighted by molar-refractivity contribution is -0.386. The van der Waals surface area contributed by atoms with E-state index >= 15 is 0 Å². The number of carbonyl (C=O) groups is 1. The first-order valence-electron chi connectivity index (χ1n) is 6.74. The van der Waals surface area contributed by atoms with Gasteiger partial charge in [-0.2, -0.15) is 0 Å². The van der Waals surface area contributed by atoms with Gasteiger partial charge in [0.1, 0.15) is 0 Å². The Morgan fingerprint density at radius 3 is 2.57 bits per heavy atom. The summed E-state index contributed by atoms with van der Waals surface area (Å²) in [7, 11) is 1.78. The van der Waals surface area contributed by atoms with E-state index in [2.05, 4.69) is 10.6 Å². The van der Waals surface area contributed by atoms with Gasteiger partial charge >= 0.3 is 5.69 Å². The van der Waals surface area contributed by atoms with Crippen molar-refractivity contribution in [2.75, 3.05) is 7.05 Å². The van der Waals surface area contributed by atoms with Gasteiger partial charge in [0.15, 0.2) is 11.9 Å². The van der Waals surface area contributed by atoms with Crippen LogP contribution < -0.4 is 15.4 Å². The monoisotopic (exact) mass is 295 g/mol. The van der Waals surface area contributed by atoms with Gasteiger partial charge in [0.05, 0.1) is 4.92 Å². The van der Waals surface area contributed by atoms with E-state index in [1.807, 2.05) is 13.8 Å². The van der Waals surface area contributed by atoms with Crippen molar-refractivity contribution in [3.63, 3.8) is 0 Å². The zero-order valence-corrected chi connectivity index (χ0v) is 12.7. The Labute approximate surface area is 123 Å². The Morgan fingerprint density at radius 1 is 1.38 bits per heavy atom. The summed E-state index contributed by atoms with van der Waals surface area (Å²) in [5.41, 5.74) is 0.689. The van der Waals surface area contributed by atoms with Crippen LogP contribution in [0.15, 0.2) is 18.2 Å². The summed E-state index contributed by atoms with van der Waals surface area (Å²) in [6, 6.07) is 4.60. The lowest BCUT2D eigenvalue weighted by atomic mass is 10.2. The molecule has 0 bridgehead atoms. The van der Waals surface area contributed by atoms with Crippen molar-refractivity contribution in [3.05, 3.63) is 33.9 Å². The van der Waals surface area contributed by atoms with E-state index in [9.17, 15) is 14.9 Å². The molecular formula is C14H21N3O4. The molecule has 0 radical (unpaired) electrons. The smallest absolute Gasteiger partial charge is 0.310 e. The first-order valence-corrected chi connectivity index (χ1v) is 6.74. The van der Waals surface area contributed by atoms with E-state index in [-0.39, 0.29) is 23.4 Å². The van der Waals surface area contributed by atoms with Gasteiger partial charge in [-0.05, 0) is 39.4 Å². The van der Waals surface area contributed by atoms with Crippen molar-refractivity contribution < 1.29 is 14.5 Å². The van der Waals surface area contributed by atoms with Gasteiger partial charge in [-0.25, -0.2) is 0 Å². The molecule has 0 saturated heterocycles. The Kier molecular flexibility index (Phi) is 6.10. The molecule has 0 saturated carbocycles. The number of nitro benzene ring substituents is 1. The maximum atomic E-state index is 11.8. The Balaban J connectivity index is 2.95. The van der Waals surface area contributed by atoms with Crippen LogP contribution in [-0.2, 0) is 11.3 Å². The molecule has 2 N–H and O–H groups in total. The molecule has 0 aliphatic rings. The maximum Gasteiger partial charge on any atom is 0.310 e. The fraction of sp³-hybridized carbons (Fsp3) is 0.500. The molecule has 21 heavy (non-hydrogen) atoms. The number of nitro groups is 1. The predicted octanol–water partition coefficient (Wildman–Crippen LogP) is 1.61. The van der Waals surface area contributed by atoms with Crippen LogP contribution in [0.1, 0.15) is 26.3 Å². The summed E-state index contributed by atoms with van der Waals surface area (Å²) in [5, 5.41) is 16.7. The van der Waals surface area contributed by atoms with Gasteiger partial charge in [-0.15, -0.1) is 0 Å². The lowest BCUT2D eigenvalue weighted by Gasteiger charge is -2.17. The van der Waals surface area contributed by atoms with Crippen molar-refractivity contribution in [2.45, 2.75) is 39.5 Å². The molecule has 1 aromatic carbocycles. The summed E-state index contributed by atoms with van der Waals surface area (Å²) < 4.78 is 5.47. The standard InChI is InChI=1S/C14H21N3O4/c1-9(2)16-14(18)10(3)21-13-7-11(8-15-4)5-6-12(13)17(19)20/h5-7,9-10,15H,8H2,1-4H3,(H,16,18). The third-order valence-corrected chi connectivity index (χ3v) is 2.71. The van der Waals surface area contributed by atoms with Gasteiger partial charge in [0.25, 0.3) is 5.91 Å². The van der Waals surface area contributed by atoms with Crippen LogP contribution in [0.4, 0.5) is 5.69 Å². The first-order chi connectivity index (χ1) is 9.85. The van der Waals surface area contributed by atoms with Crippen LogP contribution >= 0.6 is 0 Å². The van der Waals surface area contributed by atoms with Crippen molar-refractivity contribution in [1.29, 1.82) is 0 Å². The number of nitrogens with one attached hydrogen (secondary N) is 2. The quantitative estimate of drug-likeness (QED) is 0.588. The SMILES string of the molecule is CNCc1ccc([N+](=O)[O-])c(OC(C)C(=O)NC(C)C)c1. The van der Waals surface area contributed by atoms with Gasteiger partial charge in [0, 0.05) is 18.7 Å². The zero-order chi connectivity index (χ0) is 16.0. The average Bonchev–Trinajstić information content (AvgIpc) is 2.38. The van der Waals surface area contributed by atoms with Crippen LogP contribution in [0.3, 0.4) is 0 Å². The first kappa shape index (κ1) is 16.9. The number of benzene rings is 1. The maximum absolute atomic E-state index is 11.8. The molecule has 1 amide bonds. The van der Waals surface area contributed by atoms with Crippen LogP contribution in [-0.4, -0.2) is 30.0 Å². The second-order valence-corrected chi connectivity index (χ2v) is 5.01. The van der Waals surface area contributed by atoms with Gasteiger partial charge < -0.3 is 15.4 Å². The van der Waals surface area contributed by atoms with Crippen LogP contribution in [0.2, 0.25) is 0 Å². The lowest BCUT2D eigenvalue weighted by Crippen LogP contribution is -2.40. The molecule has 1 rings (SSSR count). The highest BCUT2D eigenvalue weighted by Crippen LogP contribution is 2.29. The highest BCUT2D eigenvalue weighted by Gasteiger charge is 2.21. The summed E-state index contributed by atoms with van der Waals surface area (Å²) in [6.45, 7) is 5.79. The molecule has 0 aliphatic carbocycles. The Bertz CT molecular complexity index is 517. The summed E-state index contributed by atoms with van der Waals surface area (Å²) >= 11 is 0. The van der Waals surface area contributed by atoms with Gasteiger partial charge in [0.2, 0.25) is 0 Å². The molecule has 7 nitrogen and oxygen atoms in total. The molecule has 0 fully saturated rings. The molecule has 7 heteroatoms. The normalized spacial score (nSPS) is 12.0.